The lowest BCUT2D eigenvalue weighted by molar-refractivity contribution is 0.477. The minimum atomic E-state index is 0.972. The monoisotopic (exact) mass is 233 g/mol. The van der Waals surface area contributed by atoms with E-state index in [1.165, 1.54) is 89.9 Å². The summed E-state index contributed by atoms with van der Waals surface area (Å²) in [6, 6.07) is 0. The van der Waals surface area contributed by atoms with Crippen molar-refractivity contribution >= 4 is 7.28 Å². The third-order valence-corrected chi connectivity index (χ3v) is 4.84. The van der Waals surface area contributed by atoms with Gasteiger partial charge < -0.3 is 7.28 Å². The van der Waals surface area contributed by atoms with Gasteiger partial charge in [-0.15, -0.1) is 0 Å². The van der Waals surface area contributed by atoms with Crippen LogP contribution in [-0.4, -0.2) is 7.28 Å². The van der Waals surface area contributed by atoms with E-state index in [1.54, 1.807) is 0 Å². The van der Waals surface area contributed by atoms with Gasteiger partial charge in [0, 0.05) is 0 Å². The van der Waals surface area contributed by atoms with Crippen LogP contribution in [0, 0.1) is 0 Å². The molecule has 0 spiro atoms. The lowest BCUT2D eigenvalue weighted by atomic mass is 9.50. The van der Waals surface area contributed by atoms with Crippen molar-refractivity contribution in [2.24, 2.45) is 0 Å². The fraction of sp³-hybridized carbons (Fsp3) is 1.00. The van der Waals surface area contributed by atoms with Crippen molar-refractivity contribution in [2.75, 3.05) is 0 Å². The molecule has 2 saturated carbocycles. The minimum Gasteiger partial charge on any atom is -0.328 e. The van der Waals surface area contributed by atoms with Crippen LogP contribution in [0.15, 0.2) is 0 Å². The van der Waals surface area contributed by atoms with Gasteiger partial charge in [-0.25, -0.2) is 11.6 Å². The molecular weight excluding hydrogens is 203 g/mol. The van der Waals surface area contributed by atoms with Crippen molar-refractivity contribution in [1.29, 1.82) is 0 Å². The predicted molar refractivity (Wildman–Crippen MR) is 77.9 cm³/mol. The van der Waals surface area contributed by atoms with Crippen LogP contribution in [-0.2, 0) is 0 Å². The maximum absolute atomic E-state index is 2.79. The molecule has 17 heavy (non-hydrogen) atoms. The fourth-order valence-electron chi connectivity index (χ4n) is 3.75. The van der Waals surface area contributed by atoms with Gasteiger partial charge in [0.25, 0.3) is 0 Å². The lowest BCUT2D eigenvalue weighted by Gasteiger charge is -2.38. The Balaban J connectivity index is 1.72. The van der Waals surface area contributed by atoms with E-state index in [4.69, 9.17) is 0 Å². The van der Waals surface area contributed by atoms with Gasteiger partial charge in [-0.1, -0.05) is 89.9 Å². The molecule has 0 saturated heterocycles. The first kappa shape index (κ1) is 13.5. The van der Waals surface area contributed by atoms with Gasteiger partial charge in [0.05, 0.1) is 0 Å². The summed E-state index contributed by atoms with van der Waals surface area (Å²) >= 11 is 0. The van der Waals surface area contributed by atoms with E-state index in [1.807, 2.05) is 0 Å². The molecule has 2 rings (SSSR count). The molecular formula is C16H30B-. The maximum atomic E-state index is 2.79. The van der Waals surface area contributed by atoms with E-state index in [-0.39, 0.29) is 0 Å². The van der Waals surface area contributed by atoms with E-state index in [9.17, 15) is 0 Å². The summed E-state index contributed by atoms with van der Waals surface area (Å²) < 4.78 is 0. The molecule has 0 nitrogen and oxygen atoms in total. The topological polar surface area (TPSA) is 0 Å². The van der Waals surface area contributed by atoms with Gasteiger partial charge >= 0.3 is 0 Å². The summed E-state index contributed by atoms with van der Waals surface area (Å²) in [6.45, 7) is 0. The summed E-state index contributed by atoms with van der Waals surface area (Å²) in [5, 5.41) is 0. The smallest absolute Gasteiger partial charge is 0.0533 e. The molecule has 2 aliphatic rings. The zero-order chi connectivity index (χ0) is 11.8. The molecule has 0 aromatic carbocycles. The van der Waals surface area contributed by atoms with Crippen LogP contribution < -0.4 is 0 Å². The normalized spacial score (nSPS) is 26.8. The van der Waals surface area contributed by atoms with Crippen LogP contribution in [0.1, 0.15) is 89.9 Å². The second-order valence-electron chi connectivity index (χ2n) is 6.40. The summed E-state index contributed by atoms with van der Waals surface area (Å²) in [5.74, 6) is 1.94. The number of hydrogen-bond donors (Lipinski definition) is 0. The third-order valence-electron chi connectivity index (χ3n) is 4.84. The Bertz CT molecular complexity index is 154. The standard InChI is InChI=1S/C16H30B/c1-3-7-11-15(12-8-4-1)17-16-13-9-5-2-6-10-14-16/h15-16H,1-14H2/q-1. The van der Waals surface area contributed by atoms with Crippen molar-refractivity contribution in [1.82, 2.24) is 0 Å². The molecule has 0 N–H and O–H groups in total. The van der Waals surface area contributed by atoms with E-state index >= 15 is 0 Å². The second kappa shape index (κ2) is 8.22. The zero-order valence-electron chi connectivity index (χ0n) is 11.6. The van der Waals surface area contributed by atoms with Crippen molar-refractivity contribution in [3.05, 3.63) is 0 Å². The molecule has 0 aliphatic heterocycles. The Morgan fingerprint density at radius 3 is 1.06 bits per heavy atom. The molecule has 0 aromatic heterocycles. The average molecular weight is 233 g/mol. The largest absolute Gasteiger partial charge is 0.328 e. The van der Waals surface area contributed by atoms with Gasteiger partial charge in [0.15, 0.2) is 0 Å². The van der Waals surface area contributed by atoms with Gasteiger partial charge in [-0.2, -0.15) is 0 Å². The molecule has 0 heterocycles. The highest BCUT2D eigenvalue weighted by atomic mass is 14.1. The molecule has 0 unspecified atom stereocenters. The van der Waals surface area contributed by atoms with E-state index in [2.05, 4.69) is 7.28 Å². The molecule has 2 radical (unpaired) electrons. The minimum absolute atomic E-state index is 0.972. The van der Waals surface area contributed by atoms with Gasteiger partial charge in [0.2, 0.25) is 0 Å². The summed E-state index contributed by atoms with van der Waals surface area (Å²) in [4.78, 5) is 0. The highest BCUT2D eigenvalue weighted by Gasteiger charge is 2.08. The summed E-state index contributed by atoms with van der Waals surface area (Å²) in [6.07, 6.45) is 20.9. The number of rotatable bonds is 2. The molecule has 0 atom stereocenters. The first-order chi connectivity index (χ1) is 8.45. The van der Waals surface area contributed by atoms with Crippen molar-refractivity contribution in [2.45, 2.75) is 102 Å². The molecule has 98 valence electrons. The molecule has 1 heteroatoms. The van der Waals surface area contributed by atoms with E-state index < -0.39 is 0 Å². The molecule has 0 amide bonds. The lowest BCUT2D eigenvalue weighted by Crippen LogP contribution is -2.14. The fourth-order valence-corrected chi connectivity index (χ4v) is 3.75. The van der Waals surface area contributed by atoms with Crippen LogP contribution in [0.5, 0.6) is 0 Å². The van der Waals surface area contributed by atoms with Crippen molar-refractivity contribution < 1.29 is 0 Å². The van der Waals surface area contributed by atoms with Crippen LogP contribution >= 0.6 is 0 Å². The molecule has 0 aromatic rings. The molecule has 2 aliphatic carbocycles. The van der Waals surface area contributed by atoms with E-state index in [0.29, 0.717) is 0 Å². The molecule has 2 fully saturated rings. The van der Waals surface area contributed by atoms with Crippen LogP contribution in [0.2, 0.25) is 11.6 Å². The van der Waals surface area contributed by atoms with Crippen molar-refractivity contribution in [3.63, 3.8) is 0 Å². The Morgan fingerprint density at radius 2 is 0.706 bits per heavy atom. The number of hydrogen-bond acceptors (Lipinski definition) is 0. The first-order valence-electron chi connectivity index (χ1n) is 8.30. The first-order valence-corrected chi connectivity index (χ1v) is 8.30. The highest BCUT2D eigenvalue weighted by molar-refractivity contribution is 6.39. The molecule has 0 bridgehead atoms. The van der Waals surface area contributed by atoms with Crippen molar-refractivity contribution in [3.8, 4) is 0 Å². The predicted octanol–water partition coefficient (Wildman–Crippen LogP) is 5.76. The van der Waals surface area contributed by atoms with Crippen LogP contribution in [0.4, 0.5) is 0 Å². The highest BCUT2D eigenvalue weighted by Crippen LogP contribution is 2.34. The summed E-state index contributed by atoms with van der Waals surface area (Å²) in [7, 11) is 2.79. The second-order valence-corrected chi connectivity index (χ2v) is 6.40. The Kier molecular flexibility index (Phi) is 6.52. The van der Waals surface area contributed by atoms with Crippen LogP contribution in [0.25, 0.3) is 0 Å². The van der Waals surface area contributed by atoms with Gasteiger partial charge in [-0.05, 0) is 0 Å². The Hall–Kier alpha value is 0.0649. The van der Waals surface area contributed by atoms with Gasteiger partial charge in [0.1, 0.15) is 0 Å². The quantitative estimate of drug-likeness (QED) is 0.532. The Labute approximate surface area is 109 Å². The van der Waals surface area contributed by atoms with E-state index in [0.717, 1.165) is 11.6 Å². The zero-order valence-corrected chi connectivity index (χ0v) is 11.6. The summed E-state index contributed by atoms with van der Waals surface area (Å²) in [5.41, 5.74) is 0. The van der Waals surface area contributed by atoms with Crippen LogP contribution in [0.3, 0.4) is 0 Å². The third kappa shape index (κ3) is 5.49. The maximum Gasteiger partial charge on any atom is -0.0533 e. The van der Waals surface area contributed by atoms with Gasteiger partial charge in [-0.3, -0.25) is 0 Å². The Morgan fingerprint density at radius 1 is 0.412 bits per heavy atom. The SMILES string of the molecule is [B-](C1CCCCCCC1)C1CCCCCCC1. The average Bonchev–Trinajstić information content (AvgIpc) is 2.24.